The number of carbonyl (C=O) groups excluding carboxylic acids is 2. The molecule has 2 rings (SSSR count). The van der Waals surface area contributed by atoms with Gasteiger partial charge in [-0.05, 0) is 43.7 Å². The number of nitrogens with one attached hydrogen (secondary N) is 1. The van der Waals surface area contributed by atoms with Crippen molar-refractivity contribution in [1.82, 2.24) is 0 Å². The number of anilines is 1. The lowest BCUT2D eigenvalue weighted by Crippen LogP contribution is -2.13. The highest BCUT2D eigenvalue weighted by atomic mass is 35.5. The van der Waals surface area contributed by atoms with E-state index in [1.807, 2.05) is 6.92 Å². The Labute approximate surface area is 122 Å². The minimum Gasteiger partial charge on any atom is -0.322 e. The molecule has 102 valence electrons. The Morgan fingerprint density at radius 2 is 1.85 bits per heavy atom. The van der Waals surface area contributed by atoms with Crippen LogP contribution in [-0.2, 0) is 0 Å². The largest absolute Gasteiger partial charge is 0.322 e. The second-order valence-corrected chi connectivity index (χ2v) is 4.99. The van der Waals surface area contributed by atoms with Crippen LogP contribution in [0.1, 0.15) is 33.2 Å². The molecule has 0 bridgehead atoms. The molecular weight excluding hydrogens is 274 g/mol. The van der Waals surface area contributed by atoms with E-state index in [4.69, 9.17) is 11.6 Å². The van der Waals surface area contributed by atoms with Gasteiger partial charge in [-0.2, -0.15) is 0 Å². The number of benzene rings is 2. The van der Waals surface area contributed by atoms with Crippen LogP contribution in [0.5, 0.6) is 0 Å². The van der Waals surface area contributed by atoms with Gasteiger partial charge in [-0.3, -0.25) is 9.59 Å². The lowest BCUT2D eigenvalue weighted by molar-refractivity contribution is 0.101. The summed E-state index contributed by atoms with van der Waals surface area (Å²) in [5, 5.41) is 3.28. The quantitative estimate of drug-likeness (QED) is 0.864. The molecule has 0 radical (unpaired) electrons. The molecule has 1 amide bonds. The zero-order valence-electron chi connectivity index (χ0n) is 11.2. The molecule has 0 fully saturated rings. The van der Waals surface area contributed by atoms with Gasteiger partial charge < -0.3 is 5.32 Å². The van der Waals surface area contributed by atoms with Crippen LogP contribution < -0.4 is 5.32 Å². The number of ketones is 1. The first-order chi connectivity index (χ1) is 9.47. The van der Waals surface area contributed by atoms with Gasteiger partial charge in [0.2, 0.25) is 0 Å². The minimum atomic E-state index is -0.245. The van der Waals surface area contributed by atoms with E-state index >= 15 is 0 Å². The van der Waals surface area contributed by atoms with E-state index in [-0.39, 0.29) is 11.7 Å². The average Bonchev–Trinajstić information content (AvgIpc) is 2.41. The lowest BCUT2D eigenvalue weighted by Gasteiger charge is -2.09. The number of aryl methyl sites for hydroxylation is 1. The molecule has 0 heterocycles. The maximum atomic E-state index is 12.2. The Hall–Kier alpha value is -2.13. The van der Waals surface area contributed by atoms with Crippen LogP contribution in [0.2, 0.25) is 5.02 Å². The SMILES string of the molecule is CC(=O)c1cccc(NC(=O)c2cc(Cl)ccc2C)c1. The fraction of sp³-hybridized carbons (Fsp3) is 0.125. The Balaban J connectivity index is 2.25. The van der Waals surface area contributed by atoms with E-state index in [1.54, 1.807) is 42.5 Å². The molecule has 4 heteroatoms. The fourth-order valence-electron chi connectivity index (χ4n) is 1.85. The molecule has 0 saturated heterocycles. The summed E-state index contributed by atoms with van der Waals surface area (Å²) < 4.78 is 0. The normalized spacial score (nSPS) is 10.2. The van der Waals surface area contributed by atoms with Crippen molar-refractivity contribution in [2.45, 2.75) is 13.8 Å². The number of carbonyl (C=O) groups is 2. The van der Waals surface area contributed by atoms with Gasteiger partial charge in [0, 0.05) is 21.8 Å². The molecule has 0 aliphatic rings. The van der Waals surface area contributed by atoms with Crippen LogP contribution in [0.15, 0.2) is 42.5 Å². The third kappa shape index (κ3) is 3.25. The topological polar surface area (TPSA) is 46.2 Å². The molecule has 1 N–H and O–H groups in total. The van der Waals surface area contributed by atoms with Crippen LogP contribution in [0, 0.1) is 6.92 Å². The van der Waals surface area contributed by atoms with Crippen molar-refractivity contribution in [2.24, 2.45) is 0 Å². The van der Waals surface area contributed by atoms with Crippen molar-refractivity contribution in [2.75, 3.05) is 5.32 Å². The standard InChI is InChI=1S/C16H14ClNO2/c1-10-6-7-13(17)9-15(10)16(20)18-14-5-3-4-12(8-14)11(2)19/h3-9H,1-2H3,(H,18,20). The summed E-state index contributed by atoms with van der Waals surface area (Å²) in [7, 11) is 0. The number of halogens is 1. The molecule has 0 aliphatic heterocycles. The van der Waals surface area contributed by atoms with Crippen molar-refractivity contribution >= 4 is 29.0 Å². The predicted octanol–water partition coefficient (Wildman–Crippen LogP) is 4.10. The van der Waals surface area contributed by atoms with E-state index < -0.39 is 0 Å². The Morgan fingerprint density at radius 3 is 2.55 bits per heavy atom. The van der Waals surface area contributed by atoms with Crippen LogP contribution in [0.4, 0.5) is 5.69 Å². The lowest BCUT2D eigenvalue weighted by atomic mass is 10.1. The summed E-state index contributed by atoms with van der Waals surface area (Å²) in [6.45, 7) is 3.33. The number of hydrogen-bond acceptors (Lipinski definition) is 2. The van der Waals surface area contributed by atoms with Crippen LogP contribution >= 0.6 is 11.6 Å². The van der Waals surface area contributed by atoms with Gasteiger partial charge in [0.25, 0.3) is 5.91 Å². The van der Waals surface area contributed by atoms with Gasteiger partial charge in [0.1, 0.15) is 0 Å². The molecule has 3 nitrogen and oxygen atoms in total. The van der Waals surface area contributed by atoms with Gasteiger partial charge in [-0.25, -0.2) is 0 Å². The second-order valence-electron chi connectivity index (χ2n) is 4.55. The first kappa shape index (κ1) is 14.3. The number of amides is 1. The summed E-state index contributed by atoms with van der Waals surface area (Å²) in [4.78, 5) is 23.5. The number of hydrogen-bond donors (Lipinski definition) is 1. The summed E-state index contributed by atoms with van der Waals surface area (Å²) in [5.74, 6) is -0.286. The molecule has 0 saturated carbocycles. The predicted molar refractivity (Wildman–Crippen MR) is 80.6 cm³/mol. The summed E-state index contributed by atoms with van der Waals surface area (Å²) >= 11 is 5.91. The minimum absolute atomic E-state index is 0.0416. The van der Waals surface area contributed by atoms with E-state index in [1.165, 1.54) is 6.92 Å². The van der Waals surface area contributed by atoms with E-state index in [0.29, 0.717) is 21.8 Å². The highest BCUT2D eigenvalue weighted by molar-refractivity contribution is 6.31. The molecule has 2 aromatic carbocycles. The molecule has 20 heavy (non-hydrogen) atoms. The molecule has 0 atom stereocenters. The third-order valence-electron chi connectivity index (χ3n) is 2.97. The van der Waals surface area contributed by atoms with Crippen molar-refractivity contribution in [3.05, 3.63) is 64.2 Å². The fourth-order valence-corrected chi connectivity index (χ4v) is 2.03. The molecular formula is C16H14ClNO2. The molecule has 0 aliphatic carbocycles. The van der Waals surface area contributed by atoms with E-state index in [0.717, 1.165) is 5.56 Å². The van der Waals surface area contributed by atoms with Gasteiger partial charge in [-0.1, -0.05) is 29.8 Å². The highest BCUT2D eigenvalue weighted by Crippen LogP contribution is 2.18. The van der Waals surface area contributed by atoms with Crippen molar-refractivity contribution in [1.29, 1.82) is 0 Å². The summed E-state index contributed by atoms with van der Waals surface area (Å²) in [5.41, 5.74) is 2.51. The van der Waals surface area contributed by atoms with Crippen LogP contribution in [0.25, 0.3) is 0 Å². The summed E-state index contributed by atoms with van der Waals surface area (Å²) in [6, 6.07) is 12.0. The Morgan fingerprint density at radius 1 is 1.10 bits per heavy atom. The van der Waals surface area contributed by atoms with Gasteiger partial charge >= 0.3 is 0 Å². The average molecular weight is 288 g/mol. The molecule has 2 aromatic rings. The Bertz CT molecular complexity index is 680. The Kier molecular flexibility index (Phi) is 4.20. The maximum Gasteiger partial charge on any atom is 0.255 e. The first-order valence-electron chi connectivity index (χ1n) is 6.16. The van der Waals surface area contributed by atoms with Crippen LogP contribution in [0.3, 0.4) is 0 Å². The maximum absolute atomic E-state index is 12.2. The highest BCUT2D eigenvalue weighted by Gasteiger charge is 2.10. The van der Waals surface area contributed by atoms with Crippen molar-refractivity contribution in [3.8, 4) is 0 Å². The van der Waals surface area contributed by atoms with Crippen molar-refractivity contribution in [3.63, 3.8) is 0 Å². The van der Waals surface area contributed by atoms with Gasteiger partial charge in [-0.15, -0.1) is 0 Å². The second kappa shape index (κ2) is 5.88. The van der Waals surface area contributed by atoms with E-state index in [9.17, 15) is 9.59 Å². The number of rotatable bonds is 3. The third-order valence-corrected chi connectivity index (χ3v) is 3.21. The molecule has 0 unspecified atom stereocenters. The zero-order chi connectivity index (χ0) is 14.7. The summed E-state index contributed by atoms with van der Waals surface area (Å²) in [6.07, 6.45) is 0. The zero-order valence-corrected chi connectivity index (χ0v) is 12.0. The van der Waals surface area contributed by atoms with Gasteiger partial charge in [0.05, 0.1) is 0 Å². The number of Topliss-reactive ketones (excluding diaryl/α,β-unsaturated/α-hetero) is 1. The van der Waals surface area contributed by atoms with Crippen LogP contribution in [-0.4, -0.2) is 11.7 Å². The van der Waals surface area contributed by atoms with Gasteiger partial charge in [0.15, 0.2) is 5.78 Å². The van der Waals surface area contributed by atoms with E-state index in [2.05, 4.69) is 5.32 Å². The monoisotopic (exact) mass is 287 g/mol. The first-order valence-corrected chi connectivity index (χ1v) is 6.53. The molecule has 0 aromatic heterocycles. The smallest absolute Gasteiger partial charge is 0.255 e. The molecule has 0 spiro atoms. The van der Waals surface area contributed by atoms with Crippen molar-refractivity contribution < 1.29 is 9.59 Å².